The molecule has 2 aromatic carbocycles. The van der Waals surface area contributed by atoms with E-state index < -0.39 is 17.5 Å². The summed E-state index contributed by atoms with van der Waals surface area (Å²) in [5.41, 5.74) is 7.85. The Morgan fingerprint density at radius 2 is 1.63 bits per heavy atom. The normalized spacial score (nSPS) is 14.5. The maximum Gasteiger partial charge on any atom is 0.320 e. The van der Waals surface area contributed by atoms with E-state index >= 15 is 0 Å². The van der Waals surface area contributed by atoms with E-state index in [4.69, 9.17) is 25.6 Å². The summed E-state index contributed by atoms with van der Waals surface area (Å²) in [6, 6.07) is 12.9. The number of hydrogen-bond donors (Lipinski definition) is 3. The van der Waals surface area contributed by atoms with Crippen LogP contribution in [0.15, 0.2) is 42.5 Å². The molecule has 0 aliphatic carbocycles. The van der Waals surface area contributed by atoms with Crippen LogP contribution in [0.2, 0.25) is 0 Å². The van der Waals surface area contributed by atoms with Gasteiger partial charge in [0.25, 0.3) is 0 Å². The molecule has 12 nitrogen and oxygen atoms in total. The maximum atomic E-state index is 14.2. The van der Waals surface area contributed by atoms with E-state index in [0.717, 1.165) is 29.9 Å². The fourth-order valence-electron chi connectivity index (χ4n) is 5.43. The zero-order valence-electron chi connectivity index (χ0n) is 25.3. The molecule has 230 valence electrons. The molecule has 3 aromatic rings. The second-order valence-corrected chi connectivity index (χ2v) is 10.7. The summed E-state index contributed by atoms with van der Waals surface area (Å²) in [5.74, 6) is -0.474. The van der Waals surface area contributed by atoms with E-state index in [1.165, 1.54) is 0 Å². The van der Waals surface area contributed by atoms with Crippen molar-refractivity contribution in [1.82, 2.24) is 19.4 Å². The highest BCUT2D eigenvalue weighted by molar-refractivity contribution is 5.95. The Balaban J connectivity index is 1.71. The molecular weight excluding hydrogens is 550 g/mol. The van der Waals surface area contributed by atoms with Gasteiger partial charge in [-0.25, -0.2) is 4.98 Å². The van der Waals surface area contributed by atoms with Crippen molar-refractivity contribution in [3.8, 4) is 0 Å². The molecule has 0 radical (unpaired) electrons. The molecule has 0 spiro atoms. The van der Waals surface area contributed by atoms with Crippen molar-refractivity contribution in [2.75, 3.05) is 44.7 Å². The fourth-order valence-corrected chi connectivity index (χ4v) is 5.43. The van der Waals surface area contributed by atoms with Crippen LogP contribution in [-0.2, 0) is 43.0 Å². The summed E-state index contributed by atoms with van der Waals surface area (Å²) in [6.07, 6.45) is 1.79. The van der Waals surface area contributed by atoms with Gasteiger partial charge in [-0.2, -0.15) is 0 Å². The first kappa shape index (κ1) is 31.5. The van der Waals surface area contributed by atoms with E-state index in [1.807, 2.05) is 41.9 Å². The lowest BCUT2D eigenvalue weighted by Gasteiger charge is -2.41. The minimum atomic E-state index is -1.37. The molecule has 4 N–H and O–H groups in total. The number of nitrogens with zero attached hydrogens (tertiary/aromatic N) is 4. The largest absolute Gasteiger partial charge is 0.465 e. The van der Waals surface area contributed by atoms with Gasteiger partial charge in [-0.1, -0.05) is 6.07 Å². The van der Waals surface area contributed by atoms with Crippen molar-refractivity contribution in [3.05, 3.63) is 59.4 Å². The number of carbonyl (C=O) groups is 3. The highest BCUT2D eigenvalue weighted by atomic mass is 16.5. The molecular formula is C31H41N7O5. The third-order valence-electron chi connectivity index (χ3n) is 7.87. The number of hydrogen-bond acceptors (Lipinski definition) is 9. The van der Waals surface area contributed by atoms with Crippen LogP contribution in [0.3, 0.4) is 0 Å². The smallest absolute Gasteiger partial charge is 0.320 e. The predicted molar refractivity (Wildman–Crippen MR) is 164 cm³/mol. The number of nitrogens with one attached hydrogen (secondary N) is 2. The Morgan fingerprint density at radius 1 is 1.02 bits per heavy atom. The first-order valence-corrected chi connectivity index (χ1v) is 14.6. The molecule has 1 aromatic heterocycles. The van der Waals surface area contributed by atoms with E-state index in [2.05, 4.69) is 5.32 Å². The number of aryl methyl sites for hydroxylation is 1. The number of rotatable bonds is 13. The van der Waals surface area contributed by atoms with Gasteiger partial charge in [0.2, 0.25) is 5.91 Å². The van der Waals surface area contributed by atoms with Gasteiger partial charge in [-0.05, 0) is 75.6 Å². The summed E-state index contributed by atoms with van der Waals surface area (Å²) in [5, 5.41) is 10.9. The number of amidine groups is 1. The number of imidazole rings is 1. The number of amides is 1. The van der Waals surface area contributed by atoms with Gasteiger partial charge in [0.05, 0.1) is 43.9 Å². The van der Waals surface area contributed by atoms with Gasteiger partial charge in [-0.15, -0.1) is 0 Å². The second-order valence-electron chi connectivity index (χ2n) is 10.7. The molecule has 1 unspecified atom stereocenters. The van der Waals surface area contributed by atoms with Crippen molar-refractivity contribution in [2.45, 2.75) is 45.7 Å². The van der Waals surface area contributed by atoms with Crippen LogP contribution in [0.5, 0.6) is 0 Å². The number of benzene rings is 2. The molecule has 1 aliphatic heterocycles. The van der Waals surface area contributed by atoms with Crippen LogP contribution in [0.1, 0.15) is 50.6 Å². The van der Waals surface area contributed by atoms with Gasteiger partial charge in [0.1, 0.15) is 17.2 Å². The molecule has 1 saturated heterocycles. The average molecular weight is 592 g/mol. The summed E-state index contributed by atoms with van der Waals surface area (Å²) >= 11 is 0. The summed E-state index contributed by atoms with van der Waals surface area (Å²) in [4.78, 5) is 47.9. The first-order chi connectivity index (χ1) is 20.6. The Kier molecular flexibility index (Phi) is 10.0. The average Bonchev–Trinajstić information content (AvgIpc) is 3.63. The number of likely N-dealkylation sites (tertiary alicyclic amines) is 1. The Bertz CT molecular complexity index is 1460. The minimum Gasteiger partial charge on any atom is -0.465 e. The third-order valence-corrected chi connectivity index (χ3v) is 7.87. The molecule has 1 aliphatic rings. The fraction of sp³-hybridized carbons (Fsp3) is 0.452. The zero-order valence-corrected chi connectivity index (χ0v) is 25.3. The van der Waals surface area contributed by atoms with E-state index in [9.17, 15) is 14.4 Å². The molecule has 43 heavy (non-hydrogen) atoms. The Hall–Kier alpha value is -4.45. The van der Waals surface area contributed by atoms with E-state index in [0.29, 0.717) is 36.3 Å². The summed E-state index contributed by atoms with van der Waals surface area (Å²) in [6.45, 7) is 6.66. The van der Waals surface area contributed by atoms with Gasteiger partial charge >= 0.3 is 11.9 Å². The van der Waals surface area contributed by atoms with Crippen molar-refractivity contribution in [1.29, 1.82) is 5.41 Å². The highest BCUT2D eigenvalue weighted by Gasteiger charge is 2.46. The van der Waals surface area contributed by atoms with Crippen LogP contribution in [-0.4, -0.2) is 82.4 Å². The van der Waals surface area contributed by atoms with Gasteiger partial charge in [0, 0.05) is 31.4 Å². The number of nitrogen functional groups attached to an aromatic ring is 1. The number of nitrogens with two attached hydrogens (primary N) is 1. The van der Waals surface area contributed by atoms with E-state index in [1.54, 1.807) is 42.7 Å². The predicted octanol–water partition coefficient (Wildman–Crippen LogP) is 2.74. The zero-order chi connectivity index (χ0) is 31.1. The molecule has 4 rings (SSSR count). The molecule has 1 amide bonds. The molecule has 0 saturated carbocycles. The number of ether oxygens (including phenoxy) is 2. The Labute approximate surface area is 251 Å². The van der Waals surface area contributed by atoms with E-state index in [-0.39, 0.29) is 38.0 Å². The standard InChI is InChI=1S/C31H41N7O5/c1-5-42-27(39)19-38(20-28(40)43-6-2)31(3,30(41)37-15-7-8-16-37)22-11-14-25-24(17-22)35-26(36(25)4)18-34-23-12-9-21(10-13-23)29(32)33/h9-14,17,34H,5-8,15-16,18-20H2,1-4H3,(H3,32,33). The molecule has 0 bridgehead atoms. The molecule has 12 heteroatoms. The molecule has 2 heterocycles. The number of esters is 2. The van der Waals surface area contributed by atoms with Gasteiger partial charge in [-0.3, -0.25) is 24.7 Å². The van der Waals surface area contributed by atoms with Crippen molar-refractivity contribution in [3.63, 3.8) is 0 Å². The highest BCUT2D eigenvalue weighted by Crippen LogP contribution is 2.34. The van der Waals surface area contributed by atoms with Crippen LogP contribution in [0, 0.1) is 5.41 Å². The van der Waals surface area contributed by atoms with Crippen molar-refractivity contribution in [2.24, 2.45) is 12.8 Å². The first-order valence-electron chi connectivity index (χ1n) is 14.6. The van der Waals surface area contributed by atoms with Crippen LogP contribution < -0.4 is 11.1 Å². The minimum absolute atomic E-state index is 0.0102. The lowest BCUT2D eigenvalue weighted by atomic mass is 9.87. The van der Waals surface area contributed by atoms with Crippen LogP contribution >= 0.6 is 0 Å². The second kappa shape index (κ2) is 13.7. The van der Waals surface area contributed by atoms with Gasteiger partial charge in [0.15, 0.2) is 0 Å². The monoisotopic (exact) mass is 591 g/mol. The van der Waals surface area contributed by atoms with Gasteiger partial charge < -0.3 is 30.0 Å². The quantitative estimate of drug-likeness (QED) is 0.155. The number of aromatic nitrogens is 2. The number of fused-ring (bicyclic) bond motifs is 1. The number of anilines is 1. The SMILES string of the molecule is CCOC(=O)CN(CC(=O)OCC)C(C)(C(=O)N1CCCC1)c1ccc2c(c1)nc(CNc1ccc(C(=N)N)cc1)n2C. The van der Waals surface area contributed by atoms with Crippen LogP contribution in [0.25, 0.3) is 11.0 Å². The van der Waals surface area contributed by atoms with Crippen molar-refractivity contribution < 1.29 is 23.9 Å². The molecule has 1 fully saturated rings. The van der Waals surface area contributed by atoms with Crippen molar-refractivity contribution >= 4 is 40.4 Å². The topological polar surface area (TPSA) is 156 Å². The van der Waals surface area contributed by atoms with Crippen LogP contribution in [0.4, 0.5) is 5.69 Å². The summed E-state index contributed by atoms with van der Waals surface area (Å²) in [7, 11) is 1.92. The summed E-state index contributed by atoms with van der Waals surface area (Å²) < 4.78 is 12.4. The Morgan fingerprint density at radius 3 is 2.19 bits per heavy atom. The maximum absolute atomic E-state index is 14.2. The lowest BCUT2D eigenvalue weighted by Crippen LogP contribution is -2.58. The number of carbonyl (C=O) groups excluding carboxylic acids is 3. The lowest BCUT2D eigenvalue weighted by molar-refractivity contribution is -0.156. The molecule has 1 atom stereocenters. The third kappa shape index (κ3) is 6.96.